The summed E-state index contributed by atoms with van der Waals surface area (Å²) in [5.74, 6) is -0.280. The van der Waals surface area contributed by atoms with Crippen molar-refractivity contribution < 1.29 is 9.59 Å². The number of imide groups is 1. The van der Waals surface area contributed by atoms with Crippen molar-refractivity contribution in [3.63, 3.8) is 0 Å². The molecule has 19 heavy (non-hydrogen) atoms. The third-order valence-electron chi connectivity index (χ3n) is 2.67. The van der Waals surface area contributed by atoms with Crippen LogP contribution in [0.4, 0.5) is 4.79 Å². The molecule has 0 aliphatic carbocycles. The second kappa shape index (κ2) is 5.58. The fourth-order valence-electron chi connectivity index (χ4n) is 1.68. The molecule has 0 bridgehead atoms. The molecule has 1 aromatic rings. The SMILES string of the molecule is CC(C)n1cc(/C=C2/SC(=O)N(CCN)C2=O)cn1. The Labute approximate surface area is 115 Å². The molecule has 0 aromatic carbocycles. The van der Waals surface area contributed by atoms with Crippen LogP contribution >= 0.6 is 11.8 Å². The van der Waals surface area contributed by atoms with Crippen molar-refractivity contribution in [3.8, 4) is 0 Å². The van der Waals surface area contributed by atoms with Crippen LogP contribution in [-0.2, 0) is 4.79 Å². The molecule has 0 radical (unpaired) electrons. The molecular weight excluding hydrogens is 264 g/mol. The second-order valence-corrected chi connectivity index (χ2v) is 5.46. The van der Waals surface area contributed by atoms with E-state index in [-0.39, 0.29) is 30.3 Å². The molecule has 0 saturated carbocycles. The Morgan fingerprint density at radius 2 is 2.21 bits per heavy atom. The second-order valence-electron chi connectivity index (χ2n) is 4.47. The summed E-state index contributed by atoms with van der Waals surface area (Å²) in [7, 11) is 0. The Morgan fingerprint density at radius 1 is 1.47 bits per heavy atom. The zero-order chi connectivity index (χ0) is 14.0. The molecular formula is C12H16N4O2S. The van der Waals surface area contributed by atoms with Crippen molar-refractivity contribution >= 4 is 29.0 Å². The van der Waals surface area contributed by atoms with Crippen LogP contribution < -0.4 is 5.73 Å². The van der Waals surface area contributed by atoms with Gasteiger partial charge in [0.05, 0.1) is 11.1 Å². The van der Waals surface area contributed by atoms with Crippen molar-refractivity contribution in [2.24, 2.45) is 5.73 Å². The topological polar surface area (TPSA) is 81.2 Å². The number of amides is 2. The molecule has 7 heteroatoms. The maximum absolute atomic E-state index is 12.0. The first-order valence-corrected chi connectivity index (χ1v) is 6.84. The summed E-state index contributed by atoms with van der Waals surface area (Å²) < 4.78 is 1.80. The number of carbonyl (C=O) groups excluding carboxylic acids is 2. The van der Waals surface area contributed by atoms with Crippen molar-refractivity contribution in [2.45, 2.75) is 19.9 Å². The lowest BCUT2D eigenvalue weighted by molar-refractivity contribution is -0.122. The molecule has 2 amide bonds. The standard InChI is InChI=1S/C12H16N4O2S/c1-8(2)16-7-9(6-14-16)5-10-11(17)15(4-3-13)12(18)19-10/h5-8H,3-4,13H2,1-2H3/b10-5+. The van der Waals surface area contributed by atoms with Gasteiger partial charge in [-0.3, -0.25) is 19.2 Å². The smallest absolute Gasteiger partial charge is 0.293 e. The average Bonchev–Trinajstić information content (AvgIpc) is 2.91. The van der Waals surface area contributed by atoms with Gasteiger partial charge < -0.3 is 5.73 Å². The zero-order valence-electron chi connectivity index (χ0n) is 10.9. The Balaban J connectivity index is 2.19. The van der Waals surface area contributed by atoms with Gasteiger partial charge in [0.15, 0.2) is 0 Å². The number of nitrogens with two attached hydrogens (primary N) is 1. The van der Waals surface area contributed by atoms with E-state index in [4.69, 9.17) is 5.73 Å². The van der Waals surface area contributed by atoms with E-state index in [1.807, 2.05) is 20.0 Å². The maximum Gasteiger partial charge on any atom is 0.293 e. The Kier molecular flexibility index (Phi) is 4.06. The van der Waals surface area contributed by atoms with Gasteiger partial charge in [0.25, 0.3) is 11.1 Å². The van der Waals surface area contributed by atoms with Gasteiger partial charge in [-0.05, 0) is 31.7 Å². The highest BCUT2D eigenvalue weighted by Gasteiger charge is 2.34. The lowest BCUT2D eigenvalue weighted by Crippen LogP contribution is -2.33. The Morgan fingerprint density at radius 3 is 2.79 bits per heavy atom. The Bertz CT molecular complexity index is 536. The predicted molar refractivity (Wildman–Crippen MR) is 74.3 cm³/mol. The van der Waals surface area contributed by atoms with E-state index in [2.05, 4.69) is 5.10 Å². The van der Waals surface area contributed by atoms with E-state index in [1.165, 1.54) is 4.90 Å². The summed E-state index contributed by atoms with van der Waals surface area (Å²) in [6, 6.07) is 0.259. The van der Waals surface area contributed by atoms with Gasteiger partial charge in [0, 0.05) is 30.9 Å². The molecule has 0 atom stereocenters. The molecule has 1 aliphatic heterocycles. The first-order valence-electron chi connectivity index (χ1n) is 6.02. The highest BCUT2D eigenvalue weighted by atomic mass is 32.2. The number of carbonyl (C=O) groups is 2. The normalized spacial score (nSPS) is 18.1. The fraction of sp³-hybridized carbons (Fsp3) is 0.417. The van der Waals surface area contributed by atoms with Gasteiger partial charge in [-0.15, -0.1) is 0 Å². The number of nitrogens with zero attached hydrogens (tertiary/aromatic N) is 3. The van der Waals surface area contributed by atoms with Gasteiger partial charge in [0.1, 0.15) is 0 Å². The molecule has 2 heterocycles. The fourth-order valence-corrected chi connectivity index (χ4v) is 2.55. The lowest BCUT2D eigenvalue weighted by atomic mass is 10.3. The van der Waals surface area contributed by atoms with Crippen LogP contribution in [0, 0.1) is 0 Å². The molecule has 2 N–H and O–H groups in total. The minimum atomic E-state index is -0.280. The first-order chi connectivity index (χ1) is 9.02. The summed E-state index contributed by atoms with van der Waals surface area (Å²) in [6.45, 7) is 4.57. The van der Waals surface area contributed by atoms with Crippen LogP contribution in [0.1, 0.15) is 25.5 Å². The van der Waals surface area contributed by atoms with Crippen LogP contribution in [0.2, 0.25) is 0 Å². The highest BCUT2D eigenvalue weighted by molar-refractivity contribution is 8.18. The molecule has 6 nitrogen and oxygen atoms in total. The summed E-state index contributed by atoms with van der Waals surface area (Å²) in [5.41, 5.74) is 6.19. The predicted octanol–water partition coefficient (Wildman–Crippen LogP) is 1.46. The average molecular weight is 280 g/mol. The number of rotatable bonds is 4. The lowest BCUT2D eigenvalue weighted by Gasteiger charge is -2.09. The maximum atomic E-state index is 12.0. The summed E-state index contributed by atoms with van der Waals surface area (Å²) in [6.07, 6.45) is 5.21. The van der Waals surface area contributed by atoms with E-state index in [0.29, 0.717) is 4.91 Å². The van der Waals surface area contributed by atoms with Crippen molar-refractivity contribution in [3.05, 3.63) is 22.9 Å². The first kappa shape index (κ1) is 13.8. The summed E-state index contributed by atoms with van der Waals surface area (Å²) in [5, 5.41) is 3.92. The van der Waals surface area contributed by atoms with Gasteiger partial charge in [-0.25, -0.2) is 0 Å². The van der Waals surface area contributed by atoms with Gasteiger partial charge in [-0.2, -0.15) is 5.10 Å². The number of aromatic nitrogens is 2. The molecule has 1 aliphatic rings. The molecule has 1 aromatic heterocycles. The Hall–Kier alpha value is -1.60. The zero-order valence-corrected chi connectivity index (χ0v) is 11.7. The number of hydrogen-bond acceptors (Lipinski definition) is 5. The summed E-state index contributed by atoms with van der Waals surface area (Å²) in [4.78, 5) is 25.2. The molecule has 1 saturated heterocycles. The van der Waals surface area contributed by atoms with Crippen molar-refractivity contribution in [1.82, 2.24) is 14.7 Å². The van der Waals surface area contributed by atoms with E-state index < -0.39 is 0 Å². The van der Waals surface area contributed by atoms with Crippen LogP contribution in [-0.4, -0.2) is 38.9 Å². The van der Waals surface area contributed by atoms with Gasteiger partial charge >= 0.3 is 0 Å². The monoisotopic (exact) mass is 280 g/mol. The van der Waals surface area contributed by atoms with Crippen molar-refractivity contribution in [1.29, 1.82) is 0 Å². The van der Waals surface area contributed by atoms with E-state index in [9.17, 15) is 9.59 Å². The number of thioether (sulfide) groups is 1. The quantitative estimate of drug-likeness (QED) is 0.844. The molecule has 102 valence electrons. The van der Waals surface area contributed by atoms with E-state index >= 15 is 0 Å². The van der Waals surface area contributed by atoms with Crippen LogP contribution in [0.5, 0.6) is 0 Å². The van der Waals surface area contributed by atoms with Crippen molar-refractivity contribution in [2.75, 3.05) is 13.1 Å². The molecule has 0 unspecified atom stereocenters. The third kappa shape index (κ3) is 2.87. The minimum absolute atomic E-state index is 0.257. The largest absolute Gasteiger partial charge is 0.329 e. The van der Waals surface area contributed by atoms with E-state index in [0.717, 1.165) is 17.3 Å². The van der Waals surface area contributed by atoms with Crippen LogP contribution in [0.25, 0.3) is 6.08 Å². The van der Waals surface area contributed by atoms with Crippen LogP contribution in [0.3, 0.4) is 0 Å². The summed E-state index contributed by atoms with van der Waals surface area (Å²) >= 11 is 0.940. The van der Waals surface area contributed by atoms with Crippen LogP contribution in [0.15, 0.2) is 17.3 Å². The highest BCUT2D eigenvalue weighted by Crippen LogP contribution is 2.31. The van der Waals surface area contributed by atoms with Gasteiger partial charge in [-0.1, -0.05) is 0 Å². The molecule has 1 fully saturated rings. The molecule has 2 rings (SSSR count). The number of hydrogen-bond donors (Lipinski definition) is 1. The molecule has 0 spiro atoms. The van der Waals surface area contributed by atoms with Gasteiger partial charge in [0.2, 0.25) is 0 Å². The minimum Gasteiger partial charge on any atom is -0.329 e. The third-order valence-corrected chi connectivity index (χ3v) is 3.58. The van der Waals surface area contributed by atoms with E-state index in [1.54, 1.807) is 17.0 Å².